The molecule has 2 heteroatoms. The van der Waals surface area contributed by atoms with Gasteiger partial charge in [-0.05, 0) is 25.7 Å². The first-order chi connectivity index (χ1) is 5.84. The summed E-state index contributed by atoms with van der Waals surface area (Å²) in [5.41, 5.74) is 6.46. The van der Waals surface area contributed by atoms with Gasteiger partial charge >= 0.3 is 0 Å². The Bertz CT molecular complexity index is 169. The van der Waals surface area contributed by atoms with E-state index in [-0.39, 0.29) is 0 Å². The normalized spacial score (nSPS) is 31.6. The summed E-state index contributed by atoms with van der Waals surface area (Å²) in [6.07, 6.45) is 1.15. The molecule has 13 heavy (non-hydrogen) atoms. The molecule has 78 valence electrons. The van der Waals surface area contributed by atoms with Crippen molar-refractivity contribution < 1.29 is 0 Å². The molecule has 0 aromatic carbocycles. The van der Waals surface area contributed by atoms with Crippen LogP contribution in [0.1, 0.15) is 41.0 Å². The second-order valence-corrected chi connectivity index (χ2v) is 5.59. The maximum Gasteiger partial charge on any atom is 0.0298 e. The van der Waals surface area contributed by atoms with Gasteiger partial charge in [0.25, 0.3) is 0 Å². The molecule has 2 unspecified atom stereocenters. The van der Waals surface area contributed by atoms with Gasteiger partial charge in [0.2, 0.25) is 0 Å². The SMILES string of the molecule is CC(C)N1CCC(N)C1C(C)(C)C. The third kappa shape index (κ3) is 2.23. The largest absolute Gasteiger partial charge is 0.326 e. The van der Waals surface area contributed by atoms with E-state index in [2.05, 4.69) is 39.5 Å². The molecule has 0 bridgehead atoms. The highest BCUT2D eigenvalue weighted by atomic mass is 15.2. The Morgan fingerprint density at radius 3 is 2.15 bits per heavy atom. The Kier molecular flexibility index (Phi) is 3.03. The molecular formula is C11H24N2. The molecule has 0 amide bonds. The van der Waals surface area contributed by atoms with E-state index in [0.717, 1.165) is 6.42 Å². The minimum Gasteiger partial charge on any atom is -0.326 e. The fourth-order valence-electron chi connectivity index (χ4n) is 2.56. The van der Waals surface area contributed by atoms with Crippen molar-refractivity contribution in [2.75, 3.05) is 6.54 Å². The summed E-state index contributed by atoms with van der Waals surface area (Å²) in [6, 6.07) is 1.53. The predicted octanol–water partition coefficient (Wildman–Crippen LogP) is 1.84. The topological polar surface area (TPSA) is 29.3 Å². The van der Waals surface area contributed by atoms with Crippen molar-refractivity contribution in [1.82, 2.24) is 4.90 Å². The van der Waals surface area contributed by atoms with Crippen LogP contribution in [0.3, 0.4) is 0 Å². The van der Waals surface area contributed by atoms with Gasteiger partial charge in [-0.2, -0.15) is 0 Å². The summed E-state index contributed by atoms with van der Waals surface area (Å²) < 4.78 is 0. The number of nitrogens with two attached hydrogens (primary N) is 1. The molecule has 0 aromatic rings. The van der Waals surface area contributed by atoms with E-state index in [9.17, 15) is 0 Å². The smallest absolute Gasteiger partial charge is 0.0298 e. The van der Waals surface area contributed by atoms with Gasteiger partial charge in [-0.25, -0.2) is 0 Å². The molecule has 0 spiro atoms. The molecule has 1 aliphatic rings. The molecule has 0 aliphatic carbocycles. The van der Waals surface area contributed by atoms with Crippen molar-refractivity contribution in [3.05, 3.63) is 0 Å². The lowest BCUT2D eigenvalue weighted by atomic mass is 9.82. The quantitative estimate of drug-likeness (QED) is 0.674. The van der Waals surface area contributed by atoms with E-state index in [1.165, 1.54) is 6.54 Å². The molecule has 2 atom stereocenters. The zero-order valence-corrected chi connectivity index (χ0v) is 9.67. The molecule has 1 rings (SSSR count). The lowest BCUT2D eigenvalue weighted by Crippen LogP contribution is -2.50. The molecule has 0 saturated carbocycles. The number of rotatable bonds is 1. The summed E-state index contributed by atoms with van der Waals surface area (Å²) in [7, 11) is 0. The van der Waals surface area contributed by atoms with Crippen molar-refractivity contribution in [3.63, 3.8) is 0 Å². The van der Waals surface area contributed by atoms with E-state index in [0.29, 0.717) is 23.5 Å². The number of hydrogen-bond donors (Lipinski definition) is 1. The molecular weight excluding hydrogens is 160 g/mol. The Hall–Kier alpha value is -0.0800. The zero-order chi connectivity index (χ0) is 10.2. The lowest BCUT2D eigenvalue weighted by molar-refractivity contribution is 0.103. The van der Waals surface area contributed by atoms with Crippen LogP contribution in [0, 0.1) is 5.41 Å². The average molecular weight is 184 g/mol. The van der Waals surface area contributed by atoms with Gasteiger partial charge in [0.15, 0.2) is 0 Å². The number of likely N-dealkylation sites (tertiary alicyclic amines) is 1. The minimum atomic E-state index is 0.306. The van der Waals surface area contributed by atoms with Crippen molar-refractivity contribution in [3.8, 4) is 0 Å². The van der Waals surface area contributed by atoms with Gasteiger partial charge in [0.05, 0.1) is 0 Å². The van der Waals surface area contributed by atoms with E-state index in [1.807, 2.05) is 0 Å². The van der Waals surface area contributed by atoms with Gasteiger partial charge in [-0.3, -0.25) is 4.90 Å². The van der Waals surface area contributed by atoms with Crippen LogP contribution in [-0.2, 0) is 0 Å². The Labute approximate surface area is 82.5 Å². The van der Waals surface area contributed by atoms with Crippen LogP contribution in [0.15, 0.2) is 0 Å². The Morgan fingerprint density at radius 1 is 1.31 bits per heavy atom. The summed E-state index contributed by atoms with van der Waals surface area (Å²) >= 11 is 0. The van der Waals surface area contributed by atoms with Crippen LogP contribution in [0.5, 0.6) is 0 Å². The van der Waals surface area contributed by atoms with Crippen LogP contribution in [0.25, 0.3) is 0 Å². The molecule has 1 aliphatic heterocycles. The van der Waals surface area contributed by atoms with Gasteiger partial charge in [0.1, 0.15) is 0 Å². The first-order valence-corrected chi connectivity index (χ1v) is 5.35. The fourth-order valence-corrected chi connectivity index (χ4v) is 2.56. The summed E-state index contributed by atoms with van der Waals surface area (Å²) in [5, 5.41) is 0. The minimum absolute atomic E-state index is 0.306. The van der Waals surface area contributed by atoms with Crippen LogP contribution >= 0.6 is 0 Å². The molecule has 1 saturated heterocycles. The molecule has 1 fully saturated rings. The summed E-state index contributed by atoms with van der Waals surface area (Å²) in [6.45, 7) is 12.6. The Morgan fingerprint density at radius 2 is 1.85 bits per heavy atom. The molecule has 2 N–H and O–H groups in total. The van der Waals surface area contributed by atoms with Gasteiger partial charge in [-0.15, -0.1) is 0 Å². The van der Waals surface area contributed by atoms with Crippen molar-refractivity contribution in [2.24, 2.45) is 11.1 Å². The van der Waals surface area contributed by atoms with Crippen LogP contribution in [-0.4, -0.2) is 29.6 Å². The highest BCUT2D eigenvalue weighted by molar-refractivity contribution is 4.97. The lowest BCUT2D eigenvalue weighted by Gasteiger charge is -2.39. The highest BCUT2D eigenvalue weighted by Gasteiger charge is 2.40. The molecule has 1 heterocycles. The van der Waals surface area contributed by atoms with Crippen molar-refractivity contribution in [2.45, 2.75) is 59.2 Å². The van der Waals surface area contributed by atoms with Gasteiger partial charge in [0, 0.05) is 24.7 Å². The number of nitrogens with zero attached hydrogens (tertiary/aromatic N) is 1. The monoisotopic (exact) mass is 184 g/mol. The Balaban J connectivity index is 2.77. The van der Waals surface area contributed by atoms with Crippen LogP contribution in [0.4, 0.5) is 0 Å². The standard InChI is InChI=1S/C11H24N2/c1-8(2)13-7-6-9(12)10(13)11(3,4)5/h8-10H,6-7,12H2,1-5H3. The molecule has 0 radical (unpaired) electrons. The second kappa shape index (κ2) is 3.58. The molecule has 0 aromatic heterocycles. The van der Waals surface area contributed by atoms with Gasteiger partial charge in [-0.1, -0.05) is 20.8 Å². The van der Waals surface area contributed by atoms with Crippen molar-refractivity contribution >= 4 is 0 Å². The third-order valence-electron chi connectivity index (χ3n) is 3.03. The third-order valence-corrected chi connectivity index (χ3v) is 3.03. The van der Waals surface area contributed by atoms with E-state index < -0.39 is 0 Å². The van der Waals surface area contributed by atoms with Crippen LogP contribution in [0.2, 0.25) is 0 Å². The maximum atomic E-state index is 6.15. The summed E-state index contributed by atoms with van der Waals surface area (Å²) in [4.78, 5) is 2.55. The number of hydrogen-bond acceptors (Lipinski definition) is 2. The van der Waals surface area contributed by atoms with Gasteiger partial charge < -0.3 is 5.73 Å². The highest BCUT2D eigenvalue weighted by Crippen LogP contribution is 2.33. The fraction of sp³-hybridized carbons (Fsp3) is 1.00. The van der Waals surface area contributed by atoms with E-state index in [1.54, 1.807) is 0 Å². The van der Waals surface area contributed by atoms with E-state index >= 15 is 0 Å². The maximum absolute atomic E-state index is 6.15. The first kappa shape index (κ1) is 11.0. The van der Waals surface area contributed by atoms with Crippen LogP contribution < -0.4 is 5.73 Å². The predicted molar refractivity (Wildman–Crippen MR) is 57.7 cm³/mol. The van der Waals surface area contributed by atoms with E-state index in [4.69, 9.17) is 5.73 Å². The molecule has 2 nitrogen and oxygen atoms in total. The summed E-state index contributed by atoms with van der Waals surface area (Å²) in [5.74, 6) is 0. The average Bonchev–Trinajstić information content (AvgIpc) is 2.28. The second-order valence-electron chi connectivity index (χ2n) is 5.59. The zero-order valence-electron chi connectivity index (χ0n) is 9.67. The first-order valence-electron chi connectivity index (χ1n) is 5.35. The van der Waals surface area contributed by atoms with Crippen molar-refractivity contribution in [1.29, 1.82) is 0 Å².